The molecule has 0 aliphatic carbocycles. The van der Waals surface area contributed by atoms with Crippen LogP contribution in [-0.2, 0) is 0 Å². The third-order valence-electron chi connectivity index (χ3n) is 4.03. The summed E-state index contributed by atoms with van der Waals surface area (Å²) < 4.78 is 7.20. The summed E-state index contributed by atoms with van der Waals surface area (Å²) >= 11 is 0. The Bertz CT molecular complexity index is 963. The molecule has 3 aromatic rings. The van der Waals surface area contributed by atoms with Crippen molar-refractivity contribution in [2.45, 2.75) is 13.2 Å². The Morgan fingerprint density at radius 2 is 1.84 bits per heavy atom. The second-order valence-electron chi connectivity index (χ2n) is 5.73. The molecule has 1 N–H and O–H groups in total. The van der Waals surface area contributed by atoms with Gasteiger partial charge in [0.2, 0.25) is 12.1 Å². The lowest BCUT2D eigenvalue weighted by Crippen LogP contribution is -2.36. The van der Waals surface area contributed by atoms with Crippen LogP contribution in [0.5, 0.6) is 5.75 Å². The van der Waals surface area contributed by atoms with Crippen LogP contribution in [0.1, 0.15) is 33.9 Å². The Hall–Kier alpha value is -3.41. The van der Waals surface area contributed by atoms with Crippen molar-refractivity contribution in [3.05, 3.63) is 71.9 Å². The third kappa shape index (κ3) is 2.67. The highest BCUT2D eigenvalue weighted by Crippen LogP contribution is 2.33. The molecule has 6 heteroatoms. The Morgan fingerprint density at radius 3 is 2.60 bits per heavy atom. The summed E-state index contributed by atoms with van der Waals surface area (Å²) in [5.41, 5.74) is 2.55. The number of rotatable bonds is 2. The van der Waals surface area contributed by atoms with Gasteiger partial charge in [-0.3, -0.25) is 9.59 Å². The maximum Gasteiger partial charge on any atom is 0.258 e. The number of fused-ring (bicyclic) bond motifs is 1. The van der Waals surface area contributed by atoms with Gasteiger partial charge in [0.05, 0.1) is 11.1 Å². The number of nitrogens with one attached hydrogen (secondary N) is 1. The number of carbonyl (C=O) groups is 2. The summed E-state index contributed by atoms with van der Waals surface area (Å²) in [5.74, 6) is 0.0678. The van der Waals surface area contributed by atoms with Gasteiger partial charge in [0.15, 0.2) is 0 Å². The van der Waals surface area contributed by atoms with Crippen LogP contribution in [0.4, 0.5) is 0 Å². The van der Waals surface area contributed by atoms with E-state index in [2.05, 4.69) is 10.4 Å². The predicted molar refractivity (Wildman–Crippen MR) is 91.2 cm³/mol. The molecule has 0 saturated carbocycles. The van der Waals surface area contributed by atoms with Gasteiger partial charge in [0, 0.05) is 18.7 Å². The largest absolute Gasteiger partial charge is 0.465 e. The van der Waals surface area contributed by atoms with E-state index in [0.717, 1.165) is 5.56 Å². The van der Waals surface area contributed by atoms with Crippen LogP contribution >= 0.6 is 0 Å². The summed E-state index contributed by atoms with van der Waals surface area (Å²) in [6, 6.07) is 16.5. The van der Waals surface area contributed by atoms with Gasteiger partial charge in [-0.15, -0.1) is 0 Å². The molecule has 25 heavy (non-hydrogen) atoms. The molecule has 124 valence electrons. The lowest BCUT2D eigenvalue weighted by Gasteiger charge is -2.26. The van der Waals surface area contributed by atoms with Crippen LogP contribution in [-0.4, -0.2) is 21.6 Å². The molecule has 0 spiro atoms. The molecular weight excluding hydrogens is 318 g/mol. The number of aromatic nitrogens is 2. The molecule has 0 radical (unpaired) electrons. The van der Waals surface area contributed by atoms with E-state index in [0.29, 0.717) is 22.6 Å². The van der Waals surface area contributed by atoms with Crippen molar-refractivity contribution in [2.75, 3.05) is 0 Å². The molecule has 0 bridgehead atoms. The molecule has 0 saturated heterocycles. The maximum atomic E-state index is 12.4. The summed E-state index contributed by atoms with van der Waals surface area (Å²) in [4.78, 5) is 24.1. The Labute approximate surface area is 144 Å². The van der Waals surface area contributed by atoms with Gasteiger partial charge in [-0.05, 0) is 12.1 Å². The maximum absolute atomic E-state index is 12.4. The summed E-state index contributed by atoms with van der Waals surface area (Å²) in [7, 11) is 0. The van der Waals surface area contributed by atoms with Crippen molar-refractivity contribution in [2.24, 2.45) is 0 Å². The number of benzene rings is 2. The second kappa shape index (κ2) is 5.90. The number of hydrogen-bond acceptors (Lipinski definition) is 4. The highest BCUT2D eigenvalue weighted by atomic mass is 16.5. The molecule has 1 aromatic heterocycles. The van der Waals surface area contributed by atoms with Gasteiger partial charge in [-0.1, -0.05) is 42.5 Å². The monoisotopic (exact) mass is 333 g/mol. The fraction of sp³-hybridized carbons (Fsp3) is 0.105. The highest BCUT2D eigenvalue weighted by Gasteiger charge is 2.30. The molecule has 4 rings (SSSR count). The van der Waals surface area contributed by atoms with Crippen LogP contribution in [0.2, 0.25) is 0 Å². The minimum Gasteiger partial charge on any atom is -0.465 e. The van der Waals surface area contributed by atoms with E-state index in [1.165, 1.54) is 11.6 Å². The van der Waals surface area contributed by atoms with E-state index in [-0.39, 0.29) is 11.8 Å². The van der Waals surface area contributed by atoms with Gasteiger partial charge in [-0.25, -0.2) is 4.68 Å². The van der Waals surface area contributed by atoms with Crippen molar-refractivity contribution < 1.29 is 14.3 Å². The van der Waals surface area contributed by atoms with E-state index in [1.54, 1.807) is 24.4 Å². The Balaban J connectivity index is 1.80. The summed E-state index contributed by atoms with van der Waals surface area (Å²) in [6.07, 6.45) is 0.884. The molecule has 2 aromatic carbocycles. The summed E-state index contributed by atoms with van der Waals surface area (Å²) in [6.45, 7) is 1.43. The molecule has 1 aliphatic heterocycles. The molecule has 1 atom stereocenters. The van der Waals surface area contributed by atoms with Crippen LogP contribution in [0.3, 0.4) is 0 Å². The van der Waals surface area contributed by atoms with Crippen LogP contribution in [0.25, 0.3) is 11.3 Å². The van der Waals surface area contributed by atoms with Gasteiger partial charge in [0.1, 0.15) is 11.4 Å². The van der Waals surface area contributed by atoms with E-state index in [9.17, 15) is 9.59 Å². The van der Waals surface area contributed by atoms with Gasteiger partial charge < -0.3 is 10.1 Å². The molecule has 0 unspecified atom stereocenters. The van der Waals surface area contributed by atoms with Crippen molar-refractivity contribution in [1.29, 1.82) is 0 Å². The normalized spacial score (nSPS) is 15.9. The first-order chi connectivity index (χ1) is 12.1. The number of para-hydroxylation sites is 1. The zero-order valence-corrected chi connectivity index (χ0v) is 13.5. The number of amides is 1. The number of nitrogens with zero attached hydrogens (tertiary/aromatic N) is 2. The van der Waals surface area contributed by atoms with Gasteiger partial charge in [-0.2, -0.15) is 5.10 Å². The molecule has 0 fully saturated rings. The fourth-order valence-corrected chi connectivity index (χ4v) is 2.81. The lowest BCUT2D eigenvalue weighted by molar-refractivity contribution is 0.0757. The van der Waals surface area contributed by atoms with E-state index in [4.69, 9.17) is 4.74 Å². The number of carbonyl (C=O) groups excluding carboxylic acids is 2. The Morgan fingerprint density at radius 1 is 1.12 bits per heavy atom. The lowest BCUT2D eigenvalue weighted by atomic mass is 10.1. The SMILES string of the molecule is CC(=O)n1cc([C@@H]2NC(=O)c3ccccc3O2)c(-c2ccccc2)n1. The minimum absolute atomic E-state index is 0.217. The first-order valence-electron chi connectivity index (χ1n) is 7.86. The fourth-order valence-electron chi connectivity index (χ4n) is 2.81. The average molecular weight is 333 g/mol. The first kappa shape index (κ1) is 15.1. The number of hydrogen-bond donors (Lipinski definition) is 1. The van der Waals surface area contributed by atoms with Crippen molar-refractivity contribution >= 4 is 11.8 Å². The van der Waals surface area contributed by atoms with Gasteiger partial charge in [0.25, 0.3) is 5.91 Å². The zero-order valence-electron chi connectivity index (χ0n) is 13.5. The van der Waals surface area contributed by atoms with E-state index >= 15 is 0 Å². The van der Waals surface area contributed by atoms with Crippen LogP contribution in [0, 0.1) is 0 Å². The quantitative estimate of drug-likeness (QED) is 0.782. The van der Waals surface area contributed by atoms with Crippen LogP contribution < -0.4 is 10.1 Å². The molecule has 1 aliphatic rings. The van der Waals surface area contributed by atoms with E-state index in [1.807, 2.05) is 36.4 Å². The topological polar surface area (TPSA) is 73.2 Å². The smallest absolute Gasteiger partial charge is 0.258 e. The third-order valence-corrected chi connectivity index (χ3v) is 4.03. The highest BCUT2D eigenvalue weighted by molar-refractivity contribution is 5.98. The second-order valence-corrected chi connectivity index (χ2v) is 5.73. The minimum atomic E-state index is -0.717. The molecule has 6 nitrogen and oxygen atoms in total. The van der Waals surface area contributed by atoms with Crippen molar-refractivity contribution in [1.82, 2.24) is 15.1 Å². The number of ether oxygens (including phenoxy) is 1. The Kier molecular flexibility index (Phi) is 3.57. The summed E-state index contributed by atoms with van der Waals surface area (Å²) in [5, 5.41) is 7.20. The average Bonchev–Trinajstić information content (AvgIpc) is 3.08. The van der Waals surface area contributed by atoms with Crippen LogP contribution in [0.15, 0.2) is 60.8 Å². The molecule has 1 amide bonds. The van der Waals surface area contributed by atoms with Crippen molar-refractivity contribution in [3.8, 4) is 17.0 Å². The molecule has 2 heterocycles. The standard InChI is InChI=1S/C19H15N3O3/c1-12(23)22-11-15(17(21-22)13-7-3-2-4-8-13)19-20-18(24)14-9-5-6-10-16(14)25-19/h2-11,19H,1H3,(H,20,24)/t19-/m1/s1. The van der Waals surface area contributed by atoms with Gasteiger partial charge >= 0.3 is 0 Å². The molecular formula is C19H15N3O3. The van der Waals surface area contributed by atoms with Crippen molar-refractivity contribution in [3.63, 3.8) is 0 Å². The van der Waals surface area contributed by atoms with E-state index < -0.39 is 6.23 Å². The predicted octanol–water partition coefficient (Wildman–Crippen LogP) is 3.03. The first-order valence-corrected chi connectivity index (χ1v) is 7.86. The zero-order chi connectivity index (χ0) is 17.4.